The number of aryl methyl sites for hydroxylation is 1. The highest BCUT2D eigenvalue weighted by Crippen LogP contribution is 2.14. The molecule has 0 saturated heterocycles. The molecule has 0 spiro atoms. The number of nitrogens with zero attached hydrogens (tertiary/aromatic N) is 1. The fourth-order valence-corrected chi connectivity index (χ4v) is 2.84. The first-order valence-corrected chi connectivity index (χ1v) is 8.54. The number of rotatable bonds is 3. The molecule has 0 N–H and O–H groups in total. The molecule has 5 nitrogen and oxygen atoms in total. The van der Waals surface area contributed by atoms with E-state index in [-0.39, 0.29) is 4.90 Å². The molecule has 0 saturated carbocycles. The average Bonchev–Trinajstić information content (AvgIpc) is 2.59. The van der Waals surface area contributed by atoms with Crippen LogP contribution in [0.5, 0.6) is 0 Å². The van der Waals surface area contributed by atoms with Crippen molar-refractivity contribution in [3.05, 3.63) is 65.2 Å². The van der Waals surface area contributed by atoms with Crippen molar-refractivity contribution in [1.29, 1.82) is 0 Å². The molecule has 0 fully saturated rings. The molecule has 0 radical (unpaired) electrons. The molecule has 6 heteroatoms. The van der Waals surface area contributed by atoms with Crippen molar-refractivity contribution in [2.75, 3.05) is 14.2 Å². The number of methoxy groups -OCH3 is 1. The minimum atomic E-state index is -3.67. The lowest BCUT2D eigenvalue weighted by atomic mass is 10.1. The molecule has 0 aliphatic carbocycles. The van der Waals surface area contributed by atoms with Crippen LogP contribution in [0.3, 0.4) is 0 Å². The van der Waals surface area contributed by atoms with Crippen LogP contribution in [0, 0.1) is 18.9 Å². The topological polar surface area (TPSA) is 63.7 Å². The molecule has 2 rings (SSSR count). The summed E-state index contributed by atoms with van der Waals surface area (Å²) in [5.41, 5.74) is 1.98. The van der Waals surface area contributed by atoms with Gasteiger partial charge < -0.3 is 4.74 Å². The minimum absolute atomic E-state index is 0.186. The molecule has 0 heterocycles. The Kier molecular flexibility index (Phi) is 5.27. The maximum Gasteiger partial charge on any atom is 0.337 e. The van der Waals surface area contributed by atoms with E-state index in [9.17, 15) is 13.2 Å². The van der Waals surface area contributed by atoms with Crippen molar-refractivity contribution in [1.82, 2.24) is 4.31 Å². The molecule has 24 heavy (non-hydrogen) atoms. The van der Waals surface area contributed by atoms with Crippen LogP contribution in [-0.4, -0.2) is 32.8 Å². The molecular weight excluding hydrogens is 326 g/mol. The number of hydrogen-bond donors (Lipinski definition) is 0. The third kappa shape index (κ3) is 3.94. The number of benzene rings is 2. The second-order valence-electron chi connectivity index (χ2n) is 5.09. The van der Waals surface area contributed by atoms with E-state index in [1.54, 1.807) is 48.5 Å². The quantitative estimate of drug-likeness (QED) is 0.488. The van der Waals surface area contributed by atoms with E-state index in [1.807, 2.05) is 6.92 Å². The average molecular weight is 343 g/mol. The Labute approximate surface area is 141 Å². The summed E-state index contributed by atoms with van der Waals surface area (Å²) in [5, 5.41) is 0. The molecule has 0 amide bonds. The normalized spacial score (nSPS) is 10.5. The van der Waals surface area contributed by atoms with Gasteiger partial charge in [-0.25, -0.2) is 17.5 Å². The van der Waals surface area contributed by atoms with Crippen LogP contribution in [0.4, 0.5) is 0 Å². The van der Waals surface area contributed by atoms with E-state index in [1.165, 1.54) is 14.2 Å². The van der Waals surface area contributed by atoms with E-state index >= 15 is 0 Å². The predicted molar refractivity (Wildman–Crippen MR) is 90.8 cm³/mol. The van der Waals surface area contributed by atoms with Crippen LogP contribution in [0.15, 0.2) is 53.4 Å². The molecule has 124 valence electrons. The zero-order valence-electron chi connectivity index (χ0n) is 13.6. The van der Waals surface area contributed by atoms with E-state index in [4.69, 9.17) is 0 Å². The Morgan fingerprint density at radius 2 is 1.62 bits per heavy atom. The number of sulfonamides is 1. The van der Waals surface area contributed by atoms with Crippen LogP contribution in [0.2, 0.25) is 0 Å². The zero-order chi connectivity index (χ0) is 17.7. The summed E-state index contributed by atoms with van der Waals surface area (Å²) in [6, 6.07) is 15.6. The van der Waals surface area contributed by atoms with Crippen molar-refractivity contribution in [3.63, 3.8) is 0 Å². The van der Waals surface area contributed by atoms with E-state index in [0.29, 0.717) is 11.1 Å². The molecule has 0 atom stereocenters. The van der Waals surface area contributed by atoms with Crippen molar-refractivity contribution in [2.24, 2.45) is 0 Å². The molecule has 0 unspecified atom stereocenters. The molecule has 0 aliphatic rings. The summed E-state index contributed by atoms with van der Waals surface area (Å²) in [5.74, 6) is 2.32. The monoisotopic (exact) mass is 343 g/mol. The molecule has 0 aromatic heterocycles. The van der Waals surface area contributed by atoms with Crippen LogP contribution in [-0.2, 0) is 14.8 Å². The van der Waals surface area contributed by atoms with E-state index in [2.05, 4.69) is 16.7 Å². The molecular formula is C18H17NO4S. The smallest absolute Gasteiger partial charge is 0.337 e. The van der Waals surface area contributed by atoms with Gasteiger partial charge in [0.25, 0.3) is 10.0 Å². The summed E-state index contributed by atoms with van der Waals surface area (Å²) < 4.78 is 30.4. The van der Waals surface area contributed by atoms with Crippen molar-refractivity contribution >= 4 is 16.0 Å². The molecule has 2 aromatic rings. The first kappa shape index (κ1) is 17.6. The first-order chi connectivity index (χ1) is 11.3. The number of esters is 1. The zero-order valence-corrected chi connectivity index (χ0v) is 14.4. The van der Waals surface area contributed by atoms with Crippen LogP contribution < -0.4 is 0 Å². The van der Waals surface area contributed by atoms with Gasteiger partial charge in [-0.15, -0.1) is 0 Å². The van der Waals surface area contributed by atoms with Gasteiger partial charge in [0.05, 0.1) is 17.6 Å². The lowest BCUT2D eigenvalue weighted by molar-refractivity contribution is 0.0600. The lowest BCUT2D eigenvalue weighted by Crippen LogP contribution is -2.22. The summed E-state index contributed by atoms with van der Waals surface area (Å²) in [6.45, 7) is 1.89. The molecule has 0 bridgehead atoms. The van der Waals surface area contributed by atoms with Gasteiger partial charge in [0, 0.05) is 18.7 Å². The Morgan fingerprint density at radius 1 is 1.04 bits per heavy atom. The fraction of sp³-hybridized carbons (Fsp3) is 0.167. The van der Waals surface area contributed by atoms with Crippen molar-refractivity contribution in [3.8, 4) is 12.0 Å². The van der Waals surface area contributed by atoms with Gasteiger partial charge in [-0.3, -0.25) is 0 Å². The highest BCUT2D eigenvalue weighted by atomic mass is 32.2. The highest BCUT2D eigenvalue weighted by Gasteiger charge is 2.17. The van der Waals surface area contributed by atoms with Gasteiger partial charge in [-0.05, 0) is 49.2 Å². The Morgan fingerprint density at radius 3 is 2.17 bits per heavy atom. The third-order valence-corrected chi connectivity index (χ3v) is 5.02. The summed E-state index contributed by atoms with van der Waals surface area (Å²) in [6.07, 6.45) is 0. The lowest BCUT2D eigenvalue weighted by Gasteiger charge is -2.12. The summed E-state index contributed by atoms with van der Waals surface area (Å²) >= 11 is 0. The van der Waals surface area contributed by atoms with E-state index < -0.39 is 16.0 Å². The second kappa shape index (κ2) is 7.20. The van der Waals surface area contributed by atoms with Gasteiger partial charge in [0.15, 0.2) is 0 Å². The largest absolute Gasteiger partial charge is 0.465 e. The molecule has 0 aliphatic heterocycles. The van der Waals surface area contributed by atoms with Gasteiger partial charge in [-0.1, -0.05) is 17.7 Å². The van der Waals surface area contributed by atoms with Gasteiger partial charge in [-0.2, -0.15) is 0 Å². The van der Waals surface area contributed by atoms with E-state index in [0.717, 1.165) is 9.87 Å². The SMILES string of the molecule is COC(=O)c1ccc(C#CN(C)S(=O)(=O)c2ccc(C)cc2)cc1. The summed E-state index contributed by atoms with van der Waals surface area (Å²) in [4.78, 5) is 11.5. The maximum absolute atomic E-state index is 12.4. The maximum atomic E-state index is 12.4. The van der Waals surface area contributed by atoms with Gasteiger partial charge >= 0.3 is 5.97 Å². The number of ether oxygens (including phenoxy) is 1. The van der Waals surface area contributed by atoms with Gasteiger partial charge in [0.1, 0.15) is 0 Å². The number of carbonyl (C=O) groups excluding carboxylic acids is 1. The number of carbonyl (C=O) groups is 1. The summed E-state index contributed by atoms with van der Waals surface area (Å²) in [7, 11) is -0.965. The third-order valence-electron chi connectivity index (χ3n) is 3.34. The second-order valence-corrected chi connectivity index (χ2v) is 7.06. The number of hydrogen-bond acceptors (Lipinski definition) is 4. The van der Waals surface area contributed by atoms with Crippen LogP contribution in [0.1, 0.15) is 21.5 Å². The Bertz CT molecular complexity index is 889. The van der Waals surface area contributed by atoms with Crippen LogP contribution >= 0.6 is 0 Å². The highest BCUT2D eigenvalue weighted by molar-refractivity contribution is 7.89. The van der Waals surface area contributed by atoms with Gasteiger partial charge in [0.2, 0.25) is 0 Å². The Hall–Kier alpha value is -2.78. The Balaban J connectivity index is 2.20. The first-order valence-electron chi connectivity index (χ1n) is 7.10. The predicted octanol–water partition coefficient (Wildman–Crippen LogP) is 2.41. The van der Waals surface area contributed by atoms with Crippen molar-refractivity contribution < 1.29 is 17.9 Å². The minimum Gasteiger partial charge on any atom is -0.465 e. The van der Waals surface area contributed by atoms with Crippen LogP contribution in [0.25, 0.3) is 0 Å². The molecule has 2 aromatic carbocycles. The fourth-order valence-electron chi connectivity index (χ4n) is 1.88. The standard InChI is InChI=1S/C18H17NO4S/c1-14-4-10-17(11-5-14)24(21,22)19(2)13-12-15-6-8-16(9-7-15)18(20)23-3/h4-11H,1-3H3. The van der Waals surface area contributed by atoms with Crippen molar-refractivity contribution in [2.45, 2.75) is 11.8 Å².